The van der Waals surface area contributed by atoms with Crippen LogP contribution in [0.3, 0.4) is 0 Å². The number of nitrogens with zero attached hydrogens (tertiary/aromatic N) is 1. The normalized spacial score (nSPS) is 10.6. The molecule has 0 atom stereocenters. The summed E-state index contributed by atoms with van der Waals surface area (Å²) in [5.41, 5.74) is 3.64. The summed E-state index contributed by atoms with van der Waals surface area (Å²) >= 11 is 9.25. The molecule has 0 aromatic heterocycles. The number of methoxy groups -OCH3 is 1. The average Bonchev–Trinajstić information content (AvgIpc) is 2.47. The maximum atomic E-state index is 12.1. The second-order valence-electron chi connectivity index (χ2n) is 4.10. The summed E-state index contributed by atoms with van der Waals surface area (Å²) in [6.07, 6.45) is 1.56. The zero-order valence-electron chi connectivity index (χ0n) is 11.1. The van der Waals surface area contributed by atoms with Crippen molar-refractivity contribution in [1.82, 2.24) is 5.43 Å². The number of hydrazone groups is 1. The molecule has 2 aromatic carbocycles. The average molecular weight is 368 g/mol. The first-order chi connectivity index (χ1) is 10.1. The molecule has 0 saturated heterocycles. The molecule has 0 saturated carbocycles. The van der Waals surface area contributed by atoms with Crippen LogP contribution in [0, 0.1) is 0 Å². The summed E-state index contributed by atoms with van der Waals surface area (Å²) in [5.74, 6) is 0.0511. The molecule has 4 nitrogen and oxygen atoms in total. The molecule has 0 aliphatic heterocycles. The topological polar surface area (TPSA) is 50.7 Å². The van der Waals surface area contributed by atoms with Crippen molar-refractivity contribution < 1.29 is 9.53 Å². The quantitative estimate of drug-likeness (QED) is 0.659. The Kier molecular flexibility index (Phi) is 5.36. The van der Waals surface area contributed by atoms with Gasteiger partial charge in [0, 0.05) is 9.50 Å². The van der Waals surface area contributed by atoms with Crippen molar-refractivity contribution in [2.24, 2.45) is 5.10 Å². The summed E-state index contributed by atoms with van der Waals surface area (Å²) in [5, 5.41) is 4.38. The summed E-state index contributed by atoms with van der Waals surface area (Å²) in [6, 6.07) is 12.4. The lowest BCUT2D eigenvalue weighted by atomic mass is 10.2. The van der Waals surface area contributed by atoms with Gasteiger partial charge in [-0.25, -0.2) is 5.43 Å². The molecule has 0 aliphatic carbocycles. The number of benzene rings is 2. The molecule has 2 aromatic rings. The molecule has 0 spiro atoms. The summed E-state index contributed by atoms with van der Waals surface area (Å²) in [4.78, 5) is 12.1. The molecule has 1 N–H and O–H groups in total. The molecular formula is C15H12BrClN2O2. The van der Waals surface area contributed by atoms with Gasteiger partial charge in [0.05, 0.1) is 18.9 Å². The number of rotatable bonds is 4. The monoisotopic (exact) mass is 366 g/mol. The molecule has 21 heavy (non-hydrogen) atoms. The third-order valence-corrected chi connectivity index (χ3v) is 3.36. The maximum absolute atomic E-state index is 12.1. The highest BCUT2D eigenvalue weighted by Gasteiger charge is 2.11. The van der Waals surface area contributed by atoms with E-state index >= 15 is 0 Å². The number of nitrogens with one attached hydrogen (secondary N) is 1. The lowest BCUT2D eigenvalue weighted by Gasteiger charge is -2.07. The van der Waals surface area contributed by atoms with Crippen molar-refractivity contribution >= 4 is 39.7 Å². The van der Waals surface area contributed by atoms with Crippen LogP contribution in [-0.2, 0) is 0 Å². The number of ether oxygens (including phenoxy) is 1. The number of hydrogen-bond donors (Lipinski definition) is 1. The first kappa shape index (κ1) is 15.5. The third kappa shape index (κ3) is 4.31. The standard InChI is InChI=1S/C15H12BrClN2O2/c1-21-14-6-5-12(17)8-13(14)15(20)19-18-9-10-3-2-4-11(16)7-10/h2-9H,1H3,(H,19,20)/b18-9-. The Bertz CT molecular complexity index is 689. The van der Waals surface area contributed by atoms with Gasteiger partial charge in [0.2, 0.25) is 0 Å². The van der Waals surface area contributed by atoms with Crippen LogP contribution in [0.2, 0.25) is 5.02 Å². The van der Waals surface area contributed by atoms with Crippen molar-refractivity contribution in [1.29, 1.82) is 0 Å². The van der Waals surface area contributed by atoms with Gasteiger partial charge in [-0.3, -0.25) is 4.79 Å². The number of amides is 1. The minimum Gasteiger partial charge on any atom is -0.496 e. The molecule has 1 amide bonds. The Morgan fingerprint density at radius 1 is 1.33 bits per heavy atom. The van der Waals surface area contributed by atoms with Crippen LogP contribution >= 0.6 is 27.5 Å². The number of halogens is 2. The van der Waals surface area contributed by atoms with Gasteiger partial charge < -0.3 is 4.74 Å². The maximum Gasteiger partial charge on any atom is 0.275 e. The molecule has 0 bridgehead atoms. The molecule has 0 heterocycles. The van der Waals surface area contributed by atoms with Crippen LogP contribution in [0.15, 0.2) is 52.0 Å². The van der Waals surface area contributed by atoms with Crippen molar-refractivity contribution in [3.63, 3.8) is 0 Å². The van der Waals surface area contributed by atoms with E-state index in [1.807, 2.05) is 24.3 Å². The smallest absolute Gasteiger partial charge is 0.275 e. The SMILES string of the molecule is COc1ccc(Cl)cc1C(=O)N/N=C\c1cccc(Br)c1. The highest BCUT2D eigenvalue weighted by molar-refractivity contribution is 9.10. The van der Waals surface area contributed by atoms with Crippen LogP contribution < -0.4 is 10.2 Å². The lowest BCUT2D eigenvalue weighted by Crippen LogP contribution is -2.18. The number of carbonyl (C=O) groups excluding carboxylic acids is 1. The first-order valence-electron chi connectivity index (χ1n) is 6.02. The third-order valence-electron chi connectivity index (χ3n) is 2.63. The Hall–Kier alpha value is -1.85. The van der Waals surface area contributed by atoms with Crippen LogP contribution in [0.5, 0.6) is 5.75 Å². The van der Waals surface area contributed by atoms with Gasteiger partial charge in [-0.1, -0.05) is 39.7 Å². The van der Waals surface area contributed by atoms with Crippen LogP contribution in [0.1, 0.15) is 15.9 Å². The minimum absolute atomic E-state index is 0.330. The van der Waals surface area contributed by atoms with E-state index in [0.29, 0.717) is 16.3 Å². The second kappa shape index (κ2) is 7.24. The molecule has 2 rings (SSSR count). The largest absolute Gasteiger partial charge is 0.496 e. The van der Waals surface area contributed by atoms with Crippen molar-refractivity contribution in [3.05, 3.63) is 63.1 Å². The Balaban J connectivity index is 2.10. The van der Waals surface area contributed by atoms with Crippen molar-refractivity contribution in [2.75, 3.05) is 7.11 Å². The van der Waals surface area contributed by atoms with Crippen LogP contribution in [0.4, 0.5) is 0 Å². The van der Waals surface area contributed by atoms with E-state index in [1.54, 1.807) is 18.3 Å². The van der Waals surface area contributed by atoms with E-state index in [9.17, 15) is 4.79 Å². The molecule has 0 unspecified atom stereocenters. The molecule has 0 radical (unpaired) electrons. The van der Waals surface area contributed by atoms with Gasteiger partial charge in [-0.15, -0.1) is 0 Å². The van der Waals surface area contributed by atoms with Gasteiger partial charge in [0.15, 0.2) is 0 Å². The zero-order valence-corrected chi connectivity index (χ0v) is 13.5. The van der Waals surface area contributed by atoms with E-state index in [4.69, 9.17) is 16.3 Å². The molecule has 6 heteroatoms. The van der Waals surface area contributed by atoms with Crippen LogP contribution in [0.25, 0.3) is 0 Å². The molecular weight excluding hydrogens is 356 g/mol. The number of hydrogen-bond acceptors (Lipinski definition) is 3. The zero-order chi connectivity index (χ0) is 15.2. The van der Waals surface area contributed by atoms with Gasteiger partial charge in [-0.2, -0.15) is 5.10 Å². The predicted molar refractivity (Wildman–Crippen MR) is 87.2 cm³/mol. The van der Waals surface area contributed by atoms with Gasteiger partial charge in [0.1, 0.15) is 5.75 Å². The van der Waals surface area contributed by atoms with Crippen molar-refractivity contribution in [3.8, 4) is 5.75 Å². The Labute approximate surface area is 135 Å². The molecule has 0 fully saturated rings. The summed E-state index contributed by atoms with van der Waals surface area (Å²) in [7, 11) is 1.49. The summed E-state index contributed by atoms with van der Waals surface area (Å²) in [6.45, 7) is 0. The second-order valence-corrected chi connectivity index (χ2v) is 5.45. The van der Waals surface area contributed by atoms with Gasteiger partial charge in [0.25, 0.3) is 5.91 Å². The fourth-order valence-electron chi connectivity index (χ4n) is 1.67. The van der Waals surface area contributed by atoms with Crippen molar-refractivity contribution in [2.45, 2.75) is 0 Å². The lowest BCUT2D eigenvalue weighted by molar-refractivity contribution is 0.0952. The highest BCUT2D eigenvalue weighted by atomic mass is 79.9. The minimum atomic E-state index is -0.388. The van der Waals surface area contributed by atoms with E-state index in [0.717, 1.165) is 10.0 Å². The Morgan fingerprint density at radius 3 is 2.86 bits per heavy atom. The molecule has 108 valence electrons. The first-order valence-corrected chi connectivity index (χ1v) is 7.20. The fraction of sp³-hybridized carbons (Fsp3) is 0.0667. The van der Waals surface area contributed by atoms with E-state index in [-0.39, 0.29) is 5.91 Å². The highest BCUT2D eigenvalue weighted by Crippen LogP contribution is 2.22. The number of carbonyl (C=O) groups is 1. The Morgan fingerprint density at radius 2 is 2.14 bits per heavy atom. The predicted octanol–water partition coefficient (Wildman–Crippen LogP) is 3.88. The van der Waals surface area contributed by atoms with E-state index < -0.39 is 0 Å². The van der Waals surface area contributed by atoms with Gasteiger partial charge >= 0.3 is 0 Å². The van der Waals surface area contributed by atoms with E-state index in [2.05, 4.69) is 26.5 Å². The summed E-state index contributed by atoms with van der Waals surface area (Å²) < 4.78 is 6.06. The van der Waals surface area contributed by atoms with Gasteiger partial charge in [-0.05, 0) is 35.9 Å². The fourth-order valence-corrected chi connectivity index (χ4v) is 2.26. The van der Waals surface area contributed by atoms with E-state index in [1.165, 1.54) is 13.2 Å². The van der Waals surface area contributed by atoms with Crippen LogP contribution in [-0.4, -0.2) is 19.2 Å². The molecule has 0 aliphatic rings.